The predicted molar refractivity (Wildman–Crippen MR) is 81.1 cm³/mol. The van der Waals surface area contributed by atoms with Crippen molar-refractivity contribution < 1.29 is 0 Å². The van der Waals surface area contributed by atoms with Crippen molar-refractivity contribution in [2.45, 2.75) is 33.7 Å². The Morgan fingerprint density at radius 2 is 2.32 bits per heavy atom. The minimum absolute atomic E-state index is 0.409. The van der Waals surface area contributed by atoms with Gasteiger partial charge in [-0.05, 0) is 18.4 Å². The quantitative estimate of drug-likeness (QED) is 0.933. The van der Waals surface area contributed by atoms with Gasteiger partial charge in [-0.3, -0.25) is 4.40 Å². The Balaban J connectivity index is 1.95. The number of fused-ring (bicyclic) bond motifs is 1. The number of hydrogen-bond donors (Lipinski definition) is 1. The van der Waals surface area contributed by atoms with Gasteiger partial charge in [0, 0.05) is 31.2 Å². The molecule has 0 saturated carbocycles. The minimum Gasteiger partial charge on any atom is -0.354 e. The molecular formula is C14H22N4S. The van der Waals surface area contributed by atoms with Gasteiger partial charge in [0.2, 0.25) is 0 Å². The second kappa shape index (κ2) is 4.80. The fourth-order valence-electron chi connectivity index (χ4n) is 2.78. The summed E-state index contributed by atoms with van der Waals surface area (Å²) in [7, 11) is 0. The first kappa shape index (κ1) is 12.9. The molecule has 0 bridgehead atoms. The molecule has 1 aliphatic heterocycles. The smallest absolute Gasteiger partial charge is 0.195 e. The lowest BCUT2D eigenvalue weighted by Crippen LogP contribution is -2.25. The molecule has 0 spiro atoms. The van der Waals surface area contributed by atoms with Crippen LogP contribution in [0.15, 0.2) is 11.6 Å². The van der Waals surface area contributed by atoms with Gasteiger partial charge >= 0.3 is 0 Å². The zero-order chi connectivity index (χ0) is 13.5. The molecule has 2 aromatic rings. The first-order valence-corrected chi connectivity index (χ1v) is 7.89. The summed E-state index contributed by atoms with van der Waals surface area (Å²) in [6.45, 7) is 10.9. The van der Waals surface area contributed by atoms with Crippen molar-refractivity contribution in [2.24, 2.45) is 5.41 Å². The van der Waals surface area contributed by atoms with Crippen LogP contribution < -0.4 is 10.2 Å². The van der Waals surface area contributed by atoms with Gasteiger partial charge in [0.25, 0.3) is 0 Å². The SMILES string of the molecule is CCNCc1c(N2CCC(C)(C)C2)nc2sccn12. The molecule has 0 aromatic carbocycles. The van der Waals surface area contributed by atoms with E-state index in [-0.39, 0.29) is 0 Å². The van der Waals surface area contributed by atoms with Crippen molar-refractivity contribution in [1.82, 2.24) is 14.7 Å². The van der Waals surface area contributed by atoms with E-state index in [0.717, 1.165) is 31.1 Å². The van der Waals surface area contributed by atoms with E-state index in [9.17, 15) is 0 Å². The van der Waals surface area contributed by atoms with Crippen molar-refractivity contribution in [3.63, 3.8) is 0 Å². The number of nitrogens with zero attached hydrogens (tertiary/aromatic N) is 3. The van der Waals surface area contributed by atoms with Gasteiger partial charge in [-0.15, -0.1) is 11.3 Å². The highest BCUT2D eigenvalue weighted by atomic mass is 32.1. The third kappa shape index (κ3) is 2.37. The first-order valence-electron chi connectivity index (χ1n) is 7.01. The summed E-state index contributed by atoms with van der Waals surface area (Å²) in [5.74, 6) is 1.18. The summed E-state index contributed by atoms with van der Waals surface area (Å²) < 4.78 is 2.23. The summed E-state index contributed by atoms with van der Waals surface area (Å²) in [5.41, 5.74) is 1.71. The molecular weight excluding hydrogens is 256 g/mol. The Morgan fingerprint density at radius 3 is 3.00 bits per heavy atom. The third-order valence-electron chi connectivity index (χ3n) is 3.86. The molecule has 1 fully saturated rings. The Kier molecular flexibility index (Phi) is 3.27. The van der Waals surface area contributed by atoms with Crippen LogP contribution in [0.1, 0.15) is 32.9 Å². The summed E-state index contributed by atoms with van der Waals surface area (Å²) in [6.07, 6.45) is 3.38. The number of anilines is 1. The Bertz CT molecular complexity index is 569. The van der Waals surface area contributed by atoms with Crippen LogP contribution in [0.25, 0.3) is 4.96 Å². The maximum Gasteiger partial charge on any atom is 0.195 e. The zero-order valence-corrected chi connectivity index (χ0v) is 12.8. The van der Waals surface area contributed by atoms with E-state index in [1.807, 2.05) is 0 Å². The van der Waals surface area contributed by atoms with Gasteiger partial charge in [0.15, 0.2) is 10.8 Å². The lowest BCUT2D eigenvalue weighted by molar-refractivity contribution is 0.418. The number of nitrogens with one attached hydrogen (secondary N) is 1. The highest BCUT2D eigenvalue weighted by Gasteiger charge is 2.32. The van der Waals surface area contributed by atoms with Crippen molar-refractivity contribution in [1.29, 1.82) is 0 Å². The monoisotopic (exact) mass is 278 g/mol. The topological polar surface area (TPSA) is 32.6 Å². The van der Waals surface area contributed by atoms with Gasteiger partial charge in [0.05, 0.1) is 5.69 Å². The normalized spacial score (nSPS) is 18.6. The molecule has 0 amide bonds. The second-order valence-corrected chi connectivity index (χ2v) is 6.93. The van der Waals surface area contributed by atoms with Gasteiger partial charge in [-0.1, -0.05) is 20.8 Å². The summed E-state index contributed by atoms with van der Waals surface area (Å²) >= 11 is 1.71. The van der Waals surface area contributed by atoms with E-state index < -0.39 is 0 Å². The molecule has 2 aromatic heterocycles. The fraction of sp³-hybridized carbons (Fsp3) is 0.643. The molecule has 1 saturated heterocycles. The molecule has 1 aliphatic rings. The van der Waals surface area contributed by atoms with Crippen LogP contribution in [-0.4, -0.2) is 29.0 Å². The molecule has 19 heavy (non-hydrogen) atoms. The standard InChI is InChI=1S/C14H22N4S/c1-4-15-9-11-12(16-13-18(11)7-8-19-13)17-6-5-14(2,3)10-17/h7-8,15H,4-6,9-10H2,1-3H3. The highest BCUT2D eigenvalue weighted by molar-refractivity contribution is 7.15. The zero-order valence-electron chi connectivity index (χ0n) is 11.9. The molecule has 0 atom stereocenters. The van der Waals surface area contributed by atoms with Gasteiger partial charge in [0.1, 0.15) is 0 Å². The molecule has 3 rings (SSSR count). The molecule has 0 aliphatic carbocycles. The maximum atomic E-state index is 4.84. The van der Waals surface area contributed by atoms with Gasteiger partial charge in [-0.25, -0.2) is 4.98 Å². The van der Waals surface area contributed by atoms with Crippen LogP contribution in [0, 0.1) is 5.41 Å². The Hall–Kier alpha value is -1.07. The maximum absolute atomic E-state index is 4.84. The third-order valence-corrected chi connectivity index (χ3v) is 4.62. The minimum atomic E-state index is 0.409. The predicted octanol–water partition coefficient (Wildman–Crippen LogP) is 2.74. The molecule has 3 heterocycles. The Labute approximate surface area is 118 Å². The molecule has 4 nitrogen and oxygen atoms in total. The average Bonchev–Trinajstić information content (AvgIpc) is 3.00. The number of rotatable bonds is 4. The van der Waals surface area contributed by atoms with E-state index >= 15 is 0 Å². The summed E-state index contributed by atoms with van der Waals surface area (Å²) in [5, 5.41) is 5.54. The second-order valence-electron chi connectivity index (χ2n) is 6.05. The summed E-state index contributed by atoms with van der Waals surface area (Å²) in [6, 6.07) is 0. The summed E-state index contributed by atoms with van der Waals surface area (Å²) in [4.78, 5) is 8.40. The first-order chi connectivity index (χ1) is 9.11. The van der Waals surface area contributed by atoms with Crippen molar-refractivity contribution in [3.05, 3.63) is 17.3 Å². The van der Waals surface area contributed by atoms with E-state index in [4.69, 9.17) is 4.98 Å². The van der Waals surface area contributed by atoms with Crippen LogP contribution in [0.2, 0.25) is 0 Å². The molecule has 5 heteroatoms. The Morgan fingerprint density at radius 1 is 1.47 bits per heavy atom. The van der Waals surface area contributed by atoms with Gasteiger partial charge in [-0.2, -0.15) is 0 Å². The van der Waals surface area contributed by atoms with Crippen molar-refractivity contribution in [3.8, 4) is 0 Å². The van der Waals surface area contributed by atoms with Crippen LogP contribution >= 0.6 is 11.3 Å². The van der Waals surface area contributed by atoms with Gasteiger partial charge < -0.3 is 10.2 Å². The van der Waals surface area contributed by atoms with E-state index in [2.05, 4.69) is 47.0 Å². The lowest BCUT2D eigenvalue weighted by atomic mass is 9.93. The van der Waals surface area contributed by atoms with Crippen LogP contribution in [0.3, 0.4) is 0 Å². The molecule has 0 unspecified atom stereocenters. The van der Waals surface area contributed by atoms with Crippen LogP contribution in [-0.2, 0) is 6.54 Å². The average molecular weight is 278 g/mol. The number of imidazole rings is 1. The number of hydrogen-bond acceptors (Lipinski definition) is 4. The molecule has 0 radical (unpaired) electrons. The van der Waals surface area contributed by atoms with Crippen LogP contribution in [0.5, 0.6) is 0 Å². The molecule has 104 valence electrons. The van der Waals surface area contributed by atoms with Crippen molar-refractivity contribution in [2.75, 3.05) is 24.5 Å². The highest BCUT2D eigenvalue weighted by Crippen LogP contribution is 2.34. The number of thiazole rings is 1. The van der Waals surface area contributed by atoms with E-state index in [1.54, 1.807) is 11.3 Å². The van der Waals surface area contributed by atoms with Crippen LogP contribution in [0.4, 0.5) is 5.82 Å². The number of aromatic nitrogens is 2. The molecule has 1 N–H and O–H groups in total. The van der Waals surface area contributed by atoms with Crippen molar-refractivity contribution >= 4 is 22.1 Å². The largest absolute Gasteiger partial charge is 0.354 e. The van der Waals surface area contributed by atoms with E-state index in [1.165, 1.54) is 17.9 Å². The lowest BCUT2D eigenvalue weighted by Gasteiger charge is -2.20. The van der Waals surface area contributed by atoms with E-state index in [0.29, 0.717) is 5.41 Å². The fourth-order valence-corrected chi connectivity index (χ4v) is 3.50.